The lowest BCUT2D eigenvalue weighted by atomic mass is 10.1. The van der Waals surface area contributed by atoms with Crippen molar-refractivity contribution in [3.8, 4) is 34.5 Å². The molecule has 0 saturated heterocycles. The minimum absolute atomic E-state index is 0.230. The standard InChI is InChI=1S/C38H42O12/c1-23(39)21-47-37(41)25(3)49-35-31(43-5)17-29(18-32(35)44-6)15-13-27-9-11-28(12-10-27)14-16-30-19-33(45-7)36(34(20-30)46-8)50-26(4)38(42)48-22-24(2)40/h9-20,25-26H,21-22H2,1-8H3/b15-13+,16-14+. The van der Waals surface area contributed by atoms with Crippen molar-refractivity contribution in [3.63, 3.8) is 0 Å². The van der Waals surface area contributed by atoms with Crippen molar-refractivity contribution in [1.29, 1.82) is 0 Å². The fourth-order valence-electron chi connectivity index (χ4n) is 4.36. The van der Waals surface area contributed by atoms with Crippen LogP contribution in [0.25, 0.3) is 24.3 Å². The molecule has 266 valence electrons. The van der Waals surface area contributed by atoms with E-state index in [1.807, 2.05) is 48.6 Å². The molecule has 2 unspecified atom stereocenters. The Hall–Kier alpha value is -5.78. The number of rotatable bonds is 18. The van der Waals surface area contributed by atoms with Gasteiger partial charge >= 0.3 is 11.9 Å². The SMILES string of the molecule is COc1cc(/C=C/c2ccc(/C=C/c3cc(OC)c(OC(C)C(=O)OCC(C)=O)c(OC)c3)cc2)cc(OC)c1OC(C)C(=O)OCC(C)=O. The van der Waals surface area contributed by atoms with Gasteiger partial charge in [0.15, 0.2) is 46.8 Å². The number of ketones is 2. The Morgan fingerprint density at radius 2 is 0.800 bits per heavy atom. The van der Waals surface area contributed by atoms with Crippen LogP contribution in [-0.2, 0) is 28.7 Å². The molecule has 0 aromatic heterocycles. The minimum Gasteiger partial charge on any atom is -0.493 e. The van der Waals surface area contributed by atoms with Crippen molar-refractivity contribution in [1.82, 2.24) is 0 Å². The predicted molar refractivity (Wildman–Crippen MR) is 187 cm³/mol. The van der Waals surface area contributed by atoms with Crippen LogP contribution in [-0.4, -0.2) is 77.4 Å². The quantitative estimate of drug-likeness (QED) is 0.117. The third-order valence-electron chi connectivity index (χ3n) is 6.93. The molecule has 0 bridgehead atoms. The number of carbonyl (C=O) groups is 4. The van der Waals surface area contributed by atoms with Gasteiger partial charge in [-0.1, -0.05) is 48.6 Å². The summed E-state index contributed by atoms with van der Waals surface area (Å²) in [6, 6.07) is 14.8. The molecule has 12 nitrogen and oxygen atoms in total. The Morgan fingerprint density at radius 1 is 0.520 bits per heavy atom. The fraction of sp³-hybridized carbons (Fsp3) is 0.316. The topological polar surface area (TPSA) is 142 Å². The normalized spacial score (nSPS) is 12.2. The summed E-state index contributed by atoms with van der Waals surface area (Å²) in [6.07, 6.45) is 5.61. The zero-order chi connectivity index (χ0) is 36.8. The summed E-state index contributed by atoms with van der Waals surface area (Å²) < 4.78 is 43.5. The van der Waals surface area contributed by atoms with E-state index in [2.05, 4.69) is 0 Å². The molecule has 3 aromatic carbocycles. The number of methoxy groups -OCH3 is 4. The van der Waals surface area contributed by atoms with Crippen LogP contribution >= 0.6 is 0 Å². The highest BCUT2D eigenvalue weighted by Gasteiger charge is 2.24. The zero-order valence-corrected chi connectivity index (χ0v) is 29.4. The summed E-state index contributed by atoms with van der Waals surface area (Å²) in [5.74, 6) is -0.0607. The molecule has 0 aliphatic rings. The van der Waals surface area contributed by atoms with Gasteiger partial charge in [-0.15, -0.1) is 0 Å². The van der Waals surface area contributed by atoms with Gasteiger partial charge in [-0.3, -0.25) is 9.59 Å². The maximum absolute atomic E-state index is 12.2. The summed E-state index contributed by atoms with van der Waals surface area (Å²) in [7, 11) is 5.92. The van der Waals surface area contributed by atoms with Crippen LogP contribution in [0.4, 0.5) is 0 Å². The number of hydrogen-bond acceptors (Lipinski definition) is 12. The van der Waals surface area contributed by atoms with Crippen molar-refractivity contribution in [3.05, 3.63) is 70.8 Å². The van der Waals surface area contributed by atoms with E-state index < -0.39 is 24.1 Å². The van der Waals surface area contributed by atoms with Gasteiger partial charge in [0.05, 0.1) is 28.4 Å². The highest BCUT2D eigenvalue weighted by atomic mass is 16.6. The molecule has 0 N–H and O–H groups in total. The molecule has 0 spiro atoms. The fourth-order valence-corrected chi connectivity index (χ4v) is 4.36. The van der Waals surface area contributed by atoms with Gasteiger partial charge in [-0.2, -0.15) is 0 Å². The number of hydrogen-bond donors (Lipinski definition) is 0. The van der Waals surface area contributed by atoms with Crippen molar-refractivity contribution < 1.29 is 57.1 Å². The summed E-state index contributed by atoms with van der Waals surface area (Å²) >= 11 is 0. The molecule has 50 heavy (non-hydrogen) atoms. The summed E-state index contributed by atoms with van der Waals surface area (Å²) in [5, 5.41) is 0. The summed E-state index contributed by atoms with van der Waals surface area (Å²) in [4.78, 5) is 46.8. The van der Waals surface area contributed by atoms with Crippen LogP contribution in [0.1, 0.15) is 49.9 Å². The Kier molecular flexibility index (Phi) is 14.4. The van der Waals surface area contributed by atoms with Gasteiger partial charge in [-0.05, 0) is 74.2 Å². The van der Waals surface area contributed by atoms with E-state index in [4.69, 9.17) is 37.9 Å². The first kappa shape index (κ1) is 38.7. The molecule has 0 fully saturated rings. The van der Waals surface area contributed by atoms with Crippen molar-refractivity contribution in [2.45, 2.75) is 39.9 Å². The molecule has 3 rings (SSSR count). The summed E-state index contributed by atoms with van der Waals surface area (Å²) in [6.45, 7) is 5.01. The third-order valence-corrected chi connectivity index (χ3v) is 6.93. The van der Waals surface area contributed by atoms with E-state index in [0.29, 0.717) is 23.0 Å². The Balaban J connectivity index is 1.73. The van der Waals surface area contributed by atoms with E-state index in [9.17, 15) is 19.2 Å². The molecule has 0 radical (unpaired) electrons. The van der Waals surface area contributed by atoms with E-state index in [0.717, 1.165) is 22.3 Å². The van der Waals surface area contributed by atoms with Crippen LogP contribution in [0.5, 0.6) is 34.5 Å². The second-order valence-electron chi connectivity index (χ2n) is 11.0. The molecule has 2 atom stereocenters. The smallest absolute Gasteiger partial charge is 0.347 e. The Bertz CT molecular complexity index is 1550. The van der Waals surface area contributed by atoms with Crippen LogP contribution in [0, 0.1) is 0 Å². The predicted octanol–water partition coefficient (Wildman–Crippen LogP) is 5.86. The van der Waals surface area contributed by atoms with Gasteiger partial charge in [0.2, 0.25) is 11.5 Å². The zero-order valence-electron chi connectivity index (χ0n) is 29.4. The molecule has 0 aliphatic heterocycles. The van der Waals surface area contributed by atoms with Gasteiger partial charge in [0.25, 0.3) is 0 Å². The molecular formula is C38H42O12. The number of esters is 2. The molecule has 0 aliphatic carbocycles. The Labute approximate surface area is 291 Å². The van der Waals surface area contributed by atoms with Gasteiger partial charge in [-0.25, -0.2) is 9.59 Å². The van der Waals surface area contributed by atoms with Crippen LogP contribution in [0.15, 0.2) is 48.5 Å². The first-order valence-electron chi connectivity index (χ1n) is 15.5. The monoisotopic (exact) mass is 690 g/mol. The van der Waals surface area contributed by atoms with Gasteiger partial charge < -0.3 is 37.9 Å². The molecule has 0 heterocycles. The molecule has 12 heteroatoms. The molecular weight excluding hydrogens is 648 g/mol. The lowest BCUT2D eigenvalue weighted by molar-refractivity contribution is -0.154. The second kappa shape index (κ2) is 18.7. The molecule has 3 aromatic rings. The van der Waals surface area contributed by atoms with Crippen molar-refractivity contribution in [2.75, 3.05) is 41.7 Å². The number of Topliss-reactive ketones (excluding diaryl/α,β-unsaturated/α-hetero) is 2. The maximum Gasteiger partial charge on any atom is 0.347 e. The average Bonchev–Trinajstić information content (AvgIpc) is 3.11. The number of carbonyl (C=O) groups excluding carboxylic acids is 4. The van der Waals surface area contributed by atoms with E-state index in [1.54, 1.807) is 24.3 Å². The van der Waals surface area contributed by atoms with Crippen LogP contribution in [0.3, 0.4) is 0 Å². The molecule has 0 amide bonds. The first-order valence-corrected chi connectivity index (χ1v) is 15.5. The van der Waals surface area contributed by atoms with E-state index >= 15 is 0 Å². The highest BCUT2D eigenvalue weighted by molar-refractivity contribution is 5.83. The average molecular weight is 691 g/mol. The van der Waals surface area contributed by atoms with E-state index in [-0.39, 0.29) is 36.3 Å². The van der Waals surface area contributed by atoms with E-state index in [1.165, 1.54) is 56.1 Å². The second-order valence-corrected chi connectivity index (χ2v) is 11.0. The highest BCUT2D eigenvalue weighted by Crippen LogP contribution is 2.41. The number of benzene rings is 3. The Morgan fingerprint density at radius 3 is 1.06 bits per heavy atom. The first-order chi connectivity index (χ1) is 23.9. The van der Waals surface area contributed by atoms with Crippen molar-refractivity contribution in [2.24, 2.45) is 0 Å². The molecule has 0 saturated carbocycles. The van der Waals surface area contributed by atoms with Crippen LogP contribution < -0.4 is 28.4 Å². The largest absolute Gasteiger partial charge is 0.493 e. The lowest BCUT2D eigenvalue weighted by Crippen LogP contribution is -2.28. The third kappa shape index (κ3) is 11.1. The van der Waals surface area contributed by atoms with Gasteiger partial charge in [0, 0.05) is 0 Å². The lowest BCUT2D eigenvalue weighted by Gasteiger charge is -2.19. The minimum atomic E-state index is -1.00. The maximum atomic E-state index is 12.2. The van der Waals surface area contributed by atoms with Gasteiger partial charge in [0.1, 0.15) is 13.2 Å². The van der Waals surface area contributed by atoms with Crippen molar-refractivity contribution >= 4 is 47.8 Å². The number of ether oxygens (including phenoxy) is 8. The summed E-state index contributed by atoms with van der Waals surface area (Å²) in [5.41, 5.74) is 3.39. The van der Waals surface area contributed by atoms with Crippen LogP contribution in [0.2, 0.25) is 0 Å².